The molecular formula is C12H13F4NO2S. The number of nitrogens with zero attached hydrogens (tertiary/aromatic N) is 1. The number of halogens is 4. The number of hydrogen-bond donors (Lipinski definition) is 0. The molecule has 1 aromatic carbocycles. The predicted molar refractivity (Wildman–Crippen MR) is 68.6 cm³/mol. The van der Waals surface area contributed by atoms with Gasteiger partial charge in [0, 0.05) is 11.8 Å². The van der Waals surface area contributed by atoms with E-state index < -0.39 is 33.7 Å². The fraction of sp³-hybridized carbons (Fsp3) is 0.417. The van der Waals surface area contributed by atoms with Crippen LogP contribution in [0, 0.1) is 5.82 Å². The first-order chi connectivity index (χ1) is 9.00. The molecule has 0 N–H and O–H groups in total. The van der Waals surface area contributed by atoms with Crippen LogP contribution in [0.5, 0.6) is 5.75 Å². The highest BCUT2D eigenvalue weighted by Gasteiger charge is 2.32. The summed E-state index contributed by atoms with van der Waals surface area (Å²) < 4.78 is 68.1. The van der Waals surface area contributed by atoms with Crippen molar-refractivity contribution in [3.8, 4) is 5.75 Å². The van der Waals surface area contributed by atoms with Crippen LogP contribution in [0.3, 0.4) is 0 Å². The van der Waals surface area contributed by atoms with Crippen molar-refractivity contribution in [2.24, 2.45) is 4.40 Å². The van der Waals surface area contributed by atoms with Crippen LogP contribution in [-0.4, -0.2) is 21.5 Å². The molecule has 0 bridgehead atoms. The Morgan fingerprint density at radius 1 is 1.25 bits per heavy atom. The molecule has 0 spiro atoms. The van der Waals surface area contributed by atoms with E-state index in [1.165, 1.54) is 12.1 Å². The summed E-state index contributed by atoms with van der Waals surface area (Å²) in [6.07, 6.45) is -4.05. The van der Waals surface area contributed by atoms with Crippen molar-refractivity contribution in [2.45, 2.75) is 31.9 Å². The van der Waals surface area contributed by atoms with Crippen molar-refractivity contribution in [3.63, 3.8) is 0 Å². The van der Waals surface area contributed by atoms with E-state index in [4.69, 9.17) is 0 Å². The summed E-state index contributed by atoms with van der Waals surface area (Å²) >= 11 is 0. The van der Waals surface area contributed by atoms with Crippen molar-refractivity contribution < 1.29 is 26.5 Å². The molecule has 1 rings (SSSR count). The second kappa shape index (κ2) is 5.90. The molecule has 0 aromatic heterocycles. The predicted octanol–water partition coefficient (Wildman–Crippen LogP) is 3.61. The summed E-state index contributed by atoms with van der Waals surface area (Å²) in [6, 6.07) is 3.24. The van der Waals surface area contributed by atoms with E-state index >= 15 is 0 Å². The van der Waals surface area contributed by atoms with Crippen LogP contribution in [0.1, 0.15) is 26.3 Å². The molecule has 0 unspecified atom stereocenters. The maximum absolute atomic E-state index is 13.7. The number of rotatable bonds is 3. The Kier molecular flexibility index (Phi) is 4.90. The molecule has 3 nitrogen and oxygen atoms in total. The molecule has 0 saturated heterocycles. The third-order valence-electron chi connectivity index (χ3n) is 2.03. The highest BCUT2D eigenvalue weighted by Crippen LogP contribution is 2.26. The summed E-state index contributed by atoms with van der Waals surface area (Å²) in [7, 11) is -1.63. The normalized spacial score (nSPS) is 14.6. The zero-order chi connectivity index (χ0) is 15.6. The van der Waals surface area contributed by atoms with Crippen LogP contribution in [0.2, 0.25) is 0 Å². The van der Waals surface area contributed by atoms with Gasteiger partial charge in [0.25, 0.3) is 0 Å². The Morgan fingerprint density at radius 2 is 1.85 bits per heavy atom. The van der Waals surface area contributed by atoms with Gasteiger partial charge in [0.05, 0.1) is 4.75 Å². The van der Waals surface area contributed by atoms with E-state index in [0.717, 1.165) is 12.3 Å². The quantitative estimate of drug-likeness (QED) is 0.632. The molecule has 0 heterocycles. The summed E-state index contributed by atoms with van der Waals surface area (Å²) in [5, 5.41) is 0. The Hall–Kier alpha value is -1.44. The van der Waals surface area contributed by atoms with Gasteiger partial charge in [0.1, 0.15) is 11.0 Å². The average Bonchev–Trinajstić information content (AvgIpc) is 2.27. The molecule has 8 heteroatoms. The molecular weight excluding hydrogens is 298 g/mol. The third kappa shape index (κ3) is 4.92. The van der Waals surface area contributed by atoms with Gasteiger partial charge in [-0.05, 0) is 26.8 Å². The first-order valence-corrected chi connectivity index (χ1v) is 6.62. The molecule has 0 aliphatic rings. The van der Waals surface area contributed by atoms with Crippen LogP contribution in [0.4, 0.5) is 17.6 Å². The van der Waals surface area contributed by atoms with Gasteiger partial charge in [-0.3, -0.25) is 0 Å². The third-order valence-corrected chi connectivity index (χ3v) is 3.37. The molecule has 20 heavy (non-hydrogen) atoms. The van der Waals surface area contributed by atoms with Gasteiger partial charge in [-0.15, -0.1) is 13.2 Å². The molecule has 1 atom stereocenters. The first kappa shape index (κ1) is 16.6. The lowest BCUT2D eigenvalue weighted by Crippen LogP contribution is -2.20. The van der Waals surface area contributed by atoms with Gasteiger partial charge in [-0.1, -0.05) is 12.1 Å². The molecule has 0 aliphatic carbocycles. The van der Waals surface area contributed by atoms with Crippen molar-refractivity contribution >= 4 is 17.2 Å². The first-order valence-electron chi connectivity index (χ1n) is 5.51. The summed E-state index contributed by atoms with van der Waals surface area (Å²) in [6.45, 7) is 5.00. The van der Waals surface area contributed by atoms with Crippen molar-refractivity contribution in [2.75, 3.05) is 0 Å². The minimum atomic E-state index is -4.98. The second-order valence-electron chi connectivity index (χ2n) is 4.80. The summed E-state index contributed by atoms with van der Waals surface area (Å²) in [5.41, 5.74) is -0.232. The number of ether oxygens (including phenoxy) is 1. The summed E-state index contributed by atoms with van der Waals surface area (Å²) in [5.74, 6) is -2.16. The highest BCUT2D eigenvalue weighted by atomic mass is 32.2. The SMILES string of the molecule is CC(C)(C)[S@@](=O)/N=C/c1cccc(OC(F)(F)F)c1F. The Balaban J connectivity index is 3.01. The Bertz CT molecular complexity index is 535. The topological polar surface area (TPSA) is 38.7 Å². The van der Waals surface area contributed by atoms with E-state index in [1.807, 2.05) is 0 Å². The van der Waals surface area contributed by atoms with Crippen LogP contribution < -0.4 is 4.74 Å². The monoisotopic (exact) mass is 311 g/mol. The summed E-state index contributed by atoms with van der Waals surface area (Å²) in [4.78, 5) is 0. The molecule has 0 radical (unpaired) electrons. The lowest BCUT2D eigenvalue weighted by molar-refractivity contribution is -0.275. The minimum absolute atomic E-state index is 0.232. The smallest absolute Gasteiger partial charge is 0.403 e. The molecule has 0 fully saturated rings. The lowest BCUT2D eigenvalue weighted by atomic mass is 10.2. The Morgan fingerprint density at radius 3 is 2.35 bits per heavy atom. The molecule has 0 saturated carbocycles. The average molecular weight is 311 g/mol. The van der Waals surface area contributed by atoms with Gasteiger partial charge >= 0.3 is 6.36 Å². The van der Waals surface area contributed by atoms with Crippen LogP contribution in [-0.2, 0) is 11.0 Å². The van der Waals surface area contributed by atoms with Crippen molar-refractivity contribution in [1.82, 2.24) is 0 Å². The second-order valence-corrected chi connectivity index (χ2v) is 6.74. The van der Waals surface area contributed by atoms with Crippen molar-refractivity contribution in [3.05, 3.63) is 29.6 Å². The van der Waals surface area contributed by atoms with E-state index in [-0.39, 0.29) is 5.56 Å². The van der Waals surface area contributed by atoms with E-state index in [9.17, 15) is 21.8 Å². The van der Waals surface area contributed by atoms with E-state index in [0.29, 0.717) is 0 Å². The maximum atomic E-state index is 13.7. The van der Waals surface area contributed by atoms with Crippen LogP contribution in [0.25, 0.3) is 0 Å². The van der Waals surface area contributed by atoms with Crippen LogP contribution in [0.15, 0.2) is 22.6 Å². The van der Waals surface area contributed by atoms with Gasteiger partial charge in [-0.25, -0.2) is 8.60 Å². The van der Waals surface area contributed by atoms with Crippen molar-refractivity contribution in [1.29, 1.82) is 0 Å². The fourth-order valence-electron chi connectivity index (χ4n) is 1.09. The van der Waals surface area contributed by atoms with Gasteiger partial charge in [0.15, 0.2) is 11.6 Å². The highest BCUT2D eigenvalue weighted by molar-refractivity contribution is 7.85. The lowest BCUT2D eigenvalue weighted by Gasteiger charge is -2.13. The standard InChI is InChI=1S/C12H13F4NO2S/c1-11(2,3)20(18)17-7-8-5-4-6-9(10(8)13)19-12(14,15)16/h4-7H,1-3H3/b17-7+/t20-/m1/s1. The zero-order valence-corrected chi connectivity index (χ0v) is 11.8. The number of benzene rings is 1. The molecule has 112 valence electrons. The fourth-order valence-corrected chi connectivity index (χ4v) is 1.62. The van der Waals surface area contributed by atoms with E-state index in [1.54, 1.807) is 20.8 Å². The number of hydrogen-bond acceptors (Lipinski definition) is 2. The molecule has 1 aromatic rings. The van der Waals surface area contributed by atoms with Crippen LogP contribution >= 0.6 is 0 Å². The maximum Gasteiger partial charge on any atom is 0.573 e. The number of alkyl halides is 3. The van der Waals surface area contributed by atoms with E-state index in [2.05, 4.69) is 9.13 Å². The zero-order valence-electron chi connectivity index (χ0n) is 11.0. The van der Waals surface area contributed by atoms with Gasteiger partial charge < -0.3 is 4.74 Å². The largest absolute Gasteiger partial charge is 0.573 e. The Labute approximate surface area is 116 Å². The molecule has 0 aliphatic heterocycles. The minimum Gasteiger partial charge on any atom is -0.403 e. The van der Waals surface area contributed by atoms with Gasteiger partial charge in [0.2, 0.25) is 0 Å². The van der Waals surface area contributed by atoms with Gasteiger partial charge in [-0.2, -0.15) is 4.40 Å². The molecule has 0 amide bonds.